The van der Waals surface area contributed by atoms with Gasteiger partial charge < -0.3 is 17.8 Å². The van der Waals surface area contributed by atoms with E-state index in [2.05, 4.69) is 426 Å². The lowest BCUT2D eigenvalue weighted by Crippen LogP contribution is -2.00. The molecule has 8 aromatic heterocycles. The first kappa shape index (κ1) is 74.5. The fourth-order valence-electron chi connectivity index (χ4n) is 21.1. The van der Waals surface area contributed by atoms with Gasteiger partial charge in [0.15, 0.2) is 0 Å². The molecular weight excluding hydrogens is 1610 g/mol. The Morgan fingerprint density at radius 2 is 0.477 bits per heavy atom. The van der Waals surface area contributed by atoms with E-state index < -0.39 is 0 Å². The second kappa shape index (κ2) is 30.0. The van der Waals surface area contributed by atoms with E-state index in [1.807, 2.05) is 42.5 Å². The van der Waals surface area contributed by atoms with Crippen LogP contribution in [0.25, 0.3) is 270 Å². The monoisotopic (exact) mass is 1680 g/mol. The second-order valence-corrected chi connectivity index (χ2v) is 34.5. The highest BCUT2D eigenvalue weighted by atomic mass is 16.3. The van der Waals surface area contributed by atoms with E-state index in [-0.39, 0.29) is 0 Å². The number of rotatable bonds is 11. The van der Waals surface area contributed by atoms with Crippen molar-refractivity contribution in [1.82, 2.24) is 23.7 Å². The minimum absolute atomic E-state index is 0.893. The Kier molecular flexibility index (Phi) is 16.9. The molecule has 0 atom stereocenters. The van der Waals surface area contributed by atoms with Gasteiger partial charge in [0.1, 0.15) is 45.1 Å². The van der Waals surface area contributed by atoms with Crippen molar-refractivity contribution in [2.45, 2.75) is 0 Å². The van der Waals surface area contributed by atoms with Gasteiger partial charge in [0.25, 0.3) is 0 Å². The van der Waals surface area contributed by atoms with Gasteiger partial charge in [-0.05, 0) is 198 Å². The summed E-state index contributed by atoms with van der Waals surface area (Å²) in [5.41, 5.74) is 31.5. The van der Waals surface area contributed by atoms with Crippen molar-refractivity contribution < 1.29 is 13.3 Å². The molecule has 0 N–H and O–H groups in total. The van der Waals surface area contributed by atoms with Crippen LogP contribution in [0.3, 0.4) is 0 Å². The summed E-state index contributed by atoms with van der Waals surface area (Å²) in [6, 6.07) is 162. The maximum atomic E-state index is 6.51. The van der Waals surface area contributed by atoms with E-state index in [9.17, 15) is 0 Å². The van der Waals surface area contributed by atoms with Crippen LogP contribution in [0.5, 0.6) is 0 Å². The summed E-state index contributed by atoms with van der Waals surface area (Å²) in [6.07, 6.45) is 0. The van der Waals surface area contributed by atoms with Crippen LogP contribution in [0.15, 0.2) is 468 Å². The average molecular weight is 1680 g/mol. The van der Waals surface area contributed by atoms with Gasteiger partial charge in [-0.25, -0.2) is 9.97 Å². The summed E-state index contributed by atoms with van der Waals surface area (Å²) >= 11 is 0. The van der Waals surface area contributed by atoms with Crippen LogP contribution in [0, 0.1) is 0 Å². The van der Waals surface area contributed by atoms with Gasteiger partial charge in [0.05, 0.1) is 44.5 Å². The molecule has 0 bridgehead atoms. The van der Waals surface area contributed by atoms with Gasteiger partial charge in [-0.1, -0.05) is 340 Å². The largest absolute Gasteiger partial charge is 0.455 e. The molecule has 8 heterocycles. The lowest BCUT2D eigenvalue weighted by Gasteiger charge is -2.14. The Hall–Kier alpha value is -17.7. The highest BCUT2D eigenvalue weighted by Crippen LogP contribution is 2.50. The van der Waals surface area contributed by atoms with Gasteiger partial charge in [-0.2, -0.15) is 0 Å². The molecule has 0 spiro atoms. The minimum atomic E-state index is 0.893. The van der Waals surface area contributed by atoms with E-state index >= 15 is 0 Å². The van der Waals surface area contributed by atoms with Gasteiger partial charge in [-0.15, -0.1) is 0 Å². The summed E-state index contributed by atoms with van der Waals surface area (Å²) in [7, 11) is 0. The van der Waals surface area contributed by atoms with Gasteiger partial charge in [-0.3, -0.25) is 9.13 Å². The molecule has 0 unspecified atom stereocenters. The molecule has 21 aromatic carbocycles. The zero-order valence-corrected chi connectivity index (χ0v) is 71.3. The molecule has 29 rings (SSSR count). The van der Waals surface area contributed by atoms with Crippen molar-refractivity contribution in [3.63, 3.8) is 0 Å². The van der Waals surface area contributed by atoms with Crippen LogP contribution in [0.2, 0.25) is 0 Å². The molecule has 614 valence electrons. The SMILES string of the molecule is c1ccc(-c2cc(-c3ccccc3)cc(-n3c4cccc5ccc6cc(-c7cccc8c7oc7ccccc78)cc3c6c54)c2)cc1.c1ccc(-c2cc(-c3ccccc3)nc(-n3c4cccc5ccc6cc(-c7cccc8c7oc7ccccc78)cc3c6c54)c2)cc1.c1ccc(-c2cccc(-n3c4cccc5ccc6cc(-c7cccc8c7oc7ccccc78)cc3c6c54)n2)cc1. The third-order valence-corrected chi connectivity index (χ3v) is 27.0. The fourth-order valence-corrected chi connectivity index (χ4v) is 21.1. The van der Waals surface area contributed by atoms with Crippen LogP contribution in [0.4, 0.5) is 0 Å². The lowest BCUT2D eigenvalue weighted by atomic mass is 9.96. The molecule has 29 aromatic rings. The van der Waals surface area contributed by atoms with Crippen LogP contribution in [0.1, 0.15) is 0 Å². The van der Waals surface area contributed by atoms with Gasteiger partial charge in [0.2, 0.25) is 0 Å². The van der Waals surface area contributed by atoms with Crippen molar-refractivity contribution in [2.24, 2.45) is 0 Å². The highest BCUT2D eigenvalue weighted by molar-refractivity contribution is 6.29. The number of hydrogen-bond acceptors (Lipinski definition) is 5. The van der Waals surface area contributed by atoms with Crippen LogP contribution in [-0.4, -0.2) is 23.7 Å². The number of pyridine rings is 2. The molecule has 0 aliphatic carbocycles. The summed E-state index contributed by atoms with van der Waals surface area (Å²) in [4.78, 5) is 10.5. The number of para-hydroxylation sites is 6. The molecule has 0 aliphatic heterocycles. The summed E-state index contributed by atoms with van der Waals surface area (Å²) in [5.74, 6) is 1.80. The second-order valence-electron chi connectivity index (χ2n) is 34.5. The standard InChI is InChI=1S/C44H27NO.C43H26N2O.C37H22N2O/c1-3-11-28(12-4-1)32-24-33(29-13-5-2-6-14-29)26-35(25-32)45-39-19-9-15-30-21-22-31-23-34(27-40(45)43(31)42(30)39)36-17-10-18-38-37-16-7-8-20-41(37)46-44(36)38;1-3-11-27(12-4-1)31-24-36(28-13-5-2-6-14-28)44-40(26-31)45-37-19-9-15-29-21-22-30-23-32(25-38(45)42(30)41(29)37)33-17-10-18-35-34-16-7-8-20-39(34)46-43(33)35;1-2-9-23(10-3-1)30-15-8-18-34(38-30)39-31-16-6-11-24-19-20-25-21-26(22-32(39)36(25)35(24)31)27-13-7-14-29-28-12-4-5-17-33(28)40-37(27)29/h1-27H;1-26H;1-22H. The van der Waals surface area contributed by atoms with Crippen molar-refractivity contribution in [1.29, 1.82) is 0 Å². The predicted molar refractivity (Wildman–Crippen MR) is 549 cm³/mol. The average Bonchev–Trinajstić information content (AvgIpc) is 1.56. The van der Waals surface area contributed by atoms with E-state index in [4.69, 9.17) is 23.2 Å². The summed E-state index contributed by atoms with van der Waals surface area (Å²) in [5, 5.41) is 21.8. The summed E-state index contributed by atoms with van der Waals surface area (Å²) < 4.78 is 26.6. The third-order valence-electron chi connectivity index (χ3n) is 27.0. The zero-order valence-electron chi connectivity index (χ0n) is 71.3. The maximum Gasteiger partial charge on any atom is 0.143 e. The van der Waals surface area contributed by atoms with Gasteiger partial charge in [0, 0.05) is 98.1 Å². The van der Waals surface area contributed by atoms with Gasteiger partial charge >= 0.3 is 0 Å². The molecule has 132 heavy (non-hydrogen) atoms. The fraction of sp³-hybridized carbons (Fsp3) is 0. The first-order valence-corrected chi connectivity index (χ1v) is 45.0. The number of furan rings is 3. The normalized spacial score (nSPS) is 11.9. The Morgan fingerprint density at radius 3 is 0.894 bits per heavy atom. The molecule has 0 saturated heterocycles. The number of nitrogens with zero attached hydrogens (tertiary/aromatic N) is 5. The van der Waals surface area contributed by atoms with E-state index in [1.54, 1.807) is 0 Å². The third kappa shape index (κ3) is 12.0. The van der Waals surface area contributed by atoms with Crippen LogP contribution < -0.4 is 0 Å². The Morgan fingerprint density at radius 1 is 0.167 bits per heavy atom. The Labute approximate surface area is 756 Å². The Bertz CT molecular complexity index is 9090. The first-order valence-electron chi connectivity index (χ1n) is 45.0. The smallest absolute Gasteiger partial charge is 0.143 e. The van der Waals surface area contributed by atoms with Crippen LogP contribution >= 0.6 is 0 Å². The molecule has 0 aliphatic rings. The molecule has 8 heteroatoms. The molecule has 8 nitrogen and oxygen atoms in total. The topological polar surface area (TPSA) is 80.0 Å². The van der Waals surface area contributed by atoms with Crippen molar-refractivity contribution in [3.05, 3.63) is 455 Å². The molecular formula is C124H75N5O3. The van der Waals surface area contributed by atoms with Crippen LogP contribution in [-0.2, 0) is 0 Å². The number of fused-ring (bicyclic) bond motifs is 9. The van der Waals surface area contributed by atoms with Crippen molar-refractivity contribution in [2.75, 3.05) is 0 Å². The summed E-state index contributed by atoms with van der Waals surface area (Å²) in [6.45, 7) is 0. The maximum absolute atomic E-state index is 6.51. The first-order chi connectivity index (χ1) is 65.4. The number of hydrogen-bond donors (Lipinski definition) is 0. The highest BCUT2D eigenvalue weighted by Gasteiger charge is 2.27. The molecule has 0 amide bonds. The molecule has 0 fully saturated rings. The van der Waals surface area contributed by atoms with Crippen molar-refractivity contribution in [3.8, 4) is 107 Å². The Balaban J connectivity index is 0.000000102. The predicted octanol–water partition coefficient (Wildman–Crippen LogP) is 33.9. The minimum Gasteiger partial charge on any atom is -0.455 e. The number of benzene rings is 21. The van der Waals surface area contributed by atoms with Crippen molar-refractivity contribution >= 4 is 164 Å². The molecule has 0 saturated carbocycles. The lowest BCUT2D eigenvalue weighted by molar-refractivity contribution is 0.669. The molecule has 0 radical (unpaired) electrons. The van der Waals surface area contributed by atoms with E-state index in [1.165, 1.54) is 97.9 Å². The quantitative estimate of drug-likeness (QED) is 0.121. The zero-order chi connectivity index (χ0) is 86.6. The van der Waals surface area contributed by atoms with E-state index in [0.717, 1.165) is 172 Å². The van der Waals surface area contributed by atoms with E-state index in [0.29, 0.717) is 0 Å². The number of aromatic nitrogens is 5.